The van der Waals surface area contributed by atoms with Gasteiger partial charge in [0.2, 0.25) is 0 Å². The SMILES string of the molecule is CCCOc1ccc(C(=O)Oc2ccc(Br)cc2/C=N/NC(=O)c2cccc([N+](=O)[O-])c2)cc1. The molecular formula is C24H20BrN3O6. The standard InChI is InChI=1S/C24H20BrN3O6/c1-2-12-33-21-9-6-16(7-10-21)24(30)34-22-11-8-19(25)13-18(22)15-26-27-23(29)17-4-3-5-20(14-17)28(31)32/h3-11,13-15H,2,12H2,1H3,(H,27,29)/b26-15+. The highest BCUT2D eigenvalue weighted by Gasteiger charge is 2.13. The highest BCUT2D eigenvalue weighted by Crippen LogP contribution is 2.23. The van der Waals surface area contributed by atoms with Gasteiger partial charge in [0.25, 0.3) is 11.6 Å². The van der Waals surface area contributed by atoms with Crippen LogP contribution in [0.3, 0.4) is 0 Å². The Balaban J connectivity index is 1.70. The monoisotopic (exact) mass is 525 g/mol. The Morgan fingerprint density at radius 2 is 1.85 bits per heavy atom. The molecular weight excluding hydrogens is 506 g/mol. The van der Waals surface area contributed by atoms with Crippen molar-refractivity contribution >= 4 is 39.7 Å². The zero-order chi connectivity index (χ0) is 24.5. The maximum Gasteiger partial charge on any atom is 0.343 e. The van der Waals surface area contributed by atoms with Gasteiger partial charge in [0, 0.05) is 27.7 Å². The molecule has 3 aromatic carbocycles. The summed E-state index contributed by atoms with van der Waals surface area (Å²) in [5, 5.41) is 14.8. The molecule has 3 rings (SSSR count). The number of ether oxygens (including phenoxy) is 2. The third kappa shape index (κ3) is 6.72. The molecule has 0 saturated carbocycles. The van der Waals surface area contributed by atoms with Gasteiger partial charge in [0.1, 0.15) is 11.5 Å². The smallest absolute Gasteiger partial charge is 0.343 e. The number of halogens is 1. The van der Waals surface area contributed by atoms with E-state index in [4.69, 9.17) is 9.47 Å². The van der Waals surface area contributed by atoms with Crippen molar-refractivity contribution in [1.82, 2.24) is 5.43 Å². The van der Waals surface area contributed by atoms with E-state index in [-0.39, 0.29) is 17.0 Å². The highest BCUT2D eigenvalue weighted by molar-refractivity contribution is 9.10. The molecule has 0 bridgehead atoms. The van der Waals surface area contributed by atoms with E-state index < -0.39 is 16.8 Å². The minimum absolute atomic E-state index is 0.0820. The van der Waals surface area contributed by atoms with Crippen molar-refractivity contribution in [3.05, 3.63) is 98.0 Å². The van der Waals surface area contributed by atoms with E-state index in [2.05, 4.69) is 26.5 Å². The lowest BCUT2D eigenvalue weighted by Gasteiger charge is -2.09. The van der Waals surface area contributed by atoms with Crippen molar-refractivity contribution in [2.75, 3.05) is 6.61 Å². The normalized spacial score (nSPS) is 10.6. The number of hydrazone groups is 1. The molecule has 0 spiro atoms. The quantitative estimate of drug-likeness (QED) is 0.136. The summed E-state index contributed by atoms with van der Waals surface area (Å²) < 4.78 is 11.7. The molecule has 0 aliphatic heterocycles. The summed E-state index contributed by atoms with van der Waals surface area (Å²) in [6, 6.07) is 16.8. The van der Waals surface area contributed by atoms with Gasteiger partial charge in [-0.2, -0.15) is 5.10 Å². The zero-order valence-corrected chi connectivity index (χ0v) is 19.7. The molecule has 174 valence electrons. The summed E-state index contributed by atoms with van der Waals surface area (Å²) in [5.74, 6) is -0.305. The number of nitrogens with zero attached hydrogens (tertiary/aromatic N) is 2. The van der Waals surface area contributed by atoms with E-state index in [1.54, 1.807) is 42.5 Å². The fourth-order valence-electron chi connectivity index (χ4n) is 2.76. The first-order valence-corrected chi connectivity index (χ1v) is 11.0. The third-order valence-corrected chi connectivity index (χ3v) is 4.92. The van der Waals surface area contributed by atoms with Crippen LogP contribution in [0.5, 0.6) is 11.5 Å². The van der Waals surface area contributed by atoms with Gasteiger partial charge in [-0.15, -0.1) is 0 Å². The third-order valence-electron chi connectivity index (χ3n) is 4.43. The van der Waals surface area contributed by atoms with Crippen LogP contribution in [0.1, 0.15) is 39.6 Å². The van der Waals surface area contributed by atoms with Crippen molar-refractivity contribution in [2.45, 2.75) is 13.3 Å². The summed E-state index contributed by atoms with van der Waals surface area (Å²) in [6.45, 7) is 2.59. The molecule has 3 aromatic rings. The van der Waals surface area contributed by atoms with Crippen molar-refractivity contribution in [2.24, 2.45) is 5.10 Å². The number of non-ortho nitro benzene ring substituents is 1. The summed E-state index contributed by atoms with van der Waals surface area (Å²) in [5.41, 5.74) is 2.95. The van der Waals surface area contributed by atoms with Gasteiger partial charge < -0.3 is 9.47 Å². The Bertz CT molecular complexity index is 1230. The molecule has 0 heterocycles. The van der Waals surface area contributed by atoms with E-state index in [1.807, 2.05) is 6.92 Å². The minimum atomic E-state index is -0.626. The molecule has 0 fully saturated rings. The summed E-state index contributed by atoms with van der Waals surface area (Å²) in [7, 11) is 0. The number of hydrogen-bond donors (Lipinski definition) is 1. The highest BCUT2D eigenvalue weighted by atomic mass is 79.9. The number of amides is 1. The van der Waals surface area contributed by atoms with Crippen LogP contribution in [-0.2, 0) is 0 Å². The molecule has 0 unspecified atom stereocenters. The number of esters is 1. The van der Waals surface area contributed by atoms with Crippen molar-refractivity contribution in [3.63, 3.8) is 0 Å². The van der Waals surface area contributed by atoms with Crippen LogP contribution in [0, 0.1) is 10.1 Å². The van der Waals surface area contributed by atoms with Gasteiger partial charge in [0.15, 0.2) is 0 Å². The van der Waals surface area contributed by atoms with Gasteiger partial charge in [-0.3, -0.25) is 14.9 Å². The Labute approximate surface area is 203 Å². The lowest BCUT2D eigenvalue weighted by atomic mass is 10.2. The van der Waals surface area contributed by atoms with Gasteiger partial charge in [-0.1, -0.05) is 28.9 Å². The van der Waals surface area contributed by atoms with Crippen LogP contribution in [-0.4, -0.2) is 29.6 Å². The number of nitrogens with one attached hydrogen (secondary N) is 1. The van der Waals surface area contributed by atoms with E-state index in [0.29, 0.717) is 28.0 Å². The first-order valence-electron chi connectivity index (χ1n) is 10.2. The molecule has 1 N–H and O–H groups in total. The predicted molar refractivity (Wildman–Crippen MR) is 129 cm³/mol. The van der Waals surface area contributed by atoms with Crippen molar-refractivity contribution in [3.8, 4) is 11.5 Å². The number of carbonyl (C=O) groups excluding carboxylic acids is 2. The number of nitro groups is 1. The van der Waals surface area contributed by atoms with E-state index >= 15 is 0 Å². The van der Waals surface area contributed by atoms with E-state index in [1.165, 1.54) is 24.4 Å². The second kappa shape index (κ2) is 11.7. The first kappa shape index (κ1) is 24.6. The second-order valence-corrected chi connectivity index (χ2v) is 7.87. The zero-order valence-electron chi connectivity index (χ0n) is 18.1. The lowest BCUT2D eigenvalue weighted by Crippen LogP contribution is -2.18. The van der Waals surface area contributed by atoms with Gasteiger partial charge in [-0.25, -0.2) is 10.2 Å². The number of carbonyl (C=O) groups is 2. The average Bonchev–Trinajstić information content (AvgIpc) is 2.84. The first-order chi connectivity index (χ1) is 16.4. The molecule has 1 amide bonds. The van der Waals surface area contributed by atoms with E-state index in [0.717, 1.165) is 12.5 Å². The van der Waals surface area contributed by atoms with Crippen LogP contribution in [0.25, 0.3) is 0 Å². The van der Waals surface area contributed by atoms with Crippen LogP contribution in [0.2, 0.25) is 0 Å². The Morgan fingerprint density at radius 3 is 2.56 bits per heavy atom. The fraction of sp³-hybridized carbons (Fsp3) is 0.125. The molecule has 0 aromatic heterocycles. The molecule has 34 heavy (non-hydrogen) atoms. The van der Waals surface area contributed by atoms with Gasteiger partial charge in [-0.05, 0) is 55.0 Å². The van der Waals surface area contributed by atoms with E-state index in [9.17, 15) is 19.7 Å². The number of nitro benzene ring substituents is 1. The predicted octanol–water partition coefficient (Wildman–Crippen LogP) is 5.13. The summed E-state index contributed by atoms with van der Waals surface area (Å²) >= 11 is 3.35. The molecule has 0 radical (unpaired) electrons. The van der Waals surface area contributed by atoms with Gasteiger partial charge >= 0.3 is 5.97 Å². The number of benzene rings is 3. The topological polar surface area (TPSA) is 120 Å². The Hall–Kier alpha value is -4.05. The van der Waals surface area contributed by atoms with Crippen molar-refractivity contribution < 1.29 is 24.0 Å². The second-order valence-electron chi connectivity index (χ2n) is 6.95. The van der Waals surface area contributed by atoms with Crippen LogP contribution < -0.4 is 14.9 Å². The maximum atomic E-state index is 12.6. The summed E-state index contributed by atoms with van der Waals surface area (Å²) in [6.07, 6.45) is 2.19. The van der Waals surface area contributed by atoms with Crippen molar-refractivity contribution in [1.29, 1.82) is 0 Å². The molecule has 0 atom stereocenters. The maximum absolute atomic E-state index is 12.6. The van der Waals surface area contributed by atoms with Crippen LogP contribution in [0.4, 0.5) is 5.69 Å². The average molecular weight is 526 g/mol. The molecule has 0 aliphatic carbocycles. The summed E-state index contributed by atoms with van der Waals surface area (Å²) in [4.78, 5) is 35.1. The molecule has 0 aliphatic rings. The molecule has 9 nitrogen and oxygen atoms in total. The van der Waals surface area contributed by atoms with Gasteiger partial charge in [0.05, 0.1) is 23.3 Å². The fourth-order valence-corrected chi connectivity index (χ4v) is 3.14. The van der Waals surface area contributed by atoms with Crippen LogP contribution in [0.15, 0.2) is 76.3 Å². The molecule has 10 heteroatoms. The molecule has 0 saturated heterocycles. The largest absolute Gasteiger partial charge is 0.494 e. The Kier molecular flexibility index (Phi) is 8.47. The number of rotatable bonds is 9. The number of hydrogen-bond acceptors (Lipinski definition) is 7. The Morgan fingerprint density at radius 1 is 1.09 bits per heavy atom. The lowest BCUT2D eigenvalue weighted by molar-refractivity contribution is -0.384. The van der Waals surface area contributed by atoms with Crippen LogP contribution >= 0.6 is 15.9 Å². The minimum Gasteiger partial charge on any atom is -0.494 e.